The van der Waals surface area contributed by atoms with E-state index in [9.17, 15) is 4.79 Å². The number of halogens is 1. The van der Waals surface area contributed by atoms with E-state index >= 15 is 0 Å². The Hall–Kier alpha value is -2.22. The normalized spacial score (nSPS) is 9.58. The fourth-order valence-electron chi connectivity index (χ4n) is 1.52. The largest absolute Gasteiger partial charge is 0.384 e. The van der Waals surface area contributed by atoms with Crippen molar-refractivity contribution in [2.24, 2.45) is 0 Å². The molecular weight excluding hydrogens is 264 g/mol. The monoisotopic (exact) mass is 274 g/mol. The van der Waals surface area contributed by atoms with E-state index in [-0.39, 0.29) is 12.5 Å². The molecule has 0 bridgehead atoms. The first kappa shape index (κ1) is 13.2. The predicted molar refractivity (Wildman–Crippen MR) is 74.2 cm³/mol. The quantitative estimate of drug-likeness (QED) is 0.736. The molecule has 3 N–H and O–H groups in total. The number of H-pyrrole nitrogens is 1. The molecule has 1 heterocycles. The molecule has 0 aliphatic rings. The molecule has 0 radical (unpaired) electrons. The predicted octanol–water partition coefficient (Wildman–Crippen LogP) is 2.26. The number of aliphatic hydroxyl groups is 1. The van der Waals surface area contributed by atoms with Crippen molar-refractivity contribution in [3.05, 3.63) is 52.8 Å². The first-order chi connectivity index (χ1) is 9.20. The summed E-state index contributed by atoms with van der Waals surface area (Å²) < 4.78 is 0. The van der Waals surface area contributed by atoms with E-state index in [0.29, 0.717) is 22.0 Å². The molecule has 4 nitrogen and oxygen atoms in total. The van der Waals surface area contributed by atoms with E-state index in [1.807, 2.05) is 6.07 Å². The van der Waals surface area contributed by atoms with E-state index in [1.54, 1.807) is 24.3 Å². The summed E-state index contributed by atoms with van der Waals surface area (Å²) in [6, 6.07) is 8.65. The summed E-state index contributed by atoms with van der Waals surface area (Å²) in [7, 11) is 0. The molecule has 0 spiro atoms. The molecule has 0 saturated heterocycles. The Bertz CT molecular complexity index is 653. The summed E-state index contributed by atoms with van der Waals surface area (Å²) in [4.78, 5) is 14.7. The molecule has 1 aromatic carbocycles. The number of nitrogens with one attached hydrogen (secondary N) is 2. The van der Waals surface area contributed by atoms with Gasteiger partial charge in [0.2, 0.25) is 0 Å². The molecule has 0 saturated carbocycles. The molecular formula is C14H11ClN2O2. The summed E-state index contributed by atoms with van der Waals surface area (Å²) >= 11 is 5.75. The smallest absolute Gasteiger partial charge is 0.272 e. The molecule has 0 fully saturated rings. The fourth-order valence-corrected chi connectivity index (χ4v) is 1.69. The van der Waals surface area contributed by atoms with Crippen LogP contribution in [0.2, 0.25) is 5.02 Å². The number of aliphatic hydroxyl groups excluding tert-OH is 1. The van der Waals surface area contributed by atoms with Crippen molar-refractivity contribution >= 4 is 23.2 Å². The van der Waals surface area contributed by atoms with Crippen LogP contribution in [0.15, 0.2) is 36.5 Å². The Balaban J connectivity index is 2.21. The average Bonchev–Trinajstić information content (AvgIpc) is 2.84. The first-order valence-electron chi connectivity index (χ1n) is 5.54. The molecule has 0 unspecified atom stereocenters. The van der Waals surface area contributed by atoms with Gasteiger partial charge in [-0.3, -0.25) is 4.79 Å². The Morgan fingerprint density at radius 3 is 2.89 bits per heavy atom. The van der Waals surface area contributed by atoms with Crippen molar-refractivity contribution in [2.45, 2.75) is 0 Å². The fraction of sp³-hybridized carbons (Fsp3) is 0.0714. The summed E-state index contributed by atoms with van der Waals surface area (Å²) in [5.74, 6) is 5.02. The van der Waals surface area contributed by atoms with E-state index in [0.717, 1.165) is 0 Å². The van der Waals surface area contributed by atoms with Gasteiger partial charge < -0.3 is 15.4 Å². The van der Waals surface area contributed by atoms with Crippen LogP contribution in [0.3, 0.4) is 0 Å². The lowest BCUT2D eigenvalue weighted by atomic mass is 10.2. The van der Waals surface area contributed by atoms with Gasteiger partial charge in [0.25, 0.3) is 5.91 Å². The van der Waals surface area contributed by atoms with E-state index in [1.165, 1.54) is 6.20 Å². The van der Waals surface area contributed by atoms with Crippen LogP contribution >= 0.6 is 11.6 Å². The van der Waals surface area contributed by atoms with Gasteiger partial charge in [-0.05, 0) is 18.2 Å². The van der Waals surface area contributed by atoms with Crippen molar-refractivity contribution < 1.29 is 9.90 Å². The molecule has 96 valence electrons. The van der Waals surface area contributed by atoms with E-state index in [4.69, 9.17) is 16.7 Å². The van der Waals surface area contributed by atoms with Crippen LogP contribution in [-0.2, 0) is 0 Å². The highest BCUT2D eigenvalue weighted by Gasteiger charge is 2.09. The van der Waals surface area contributed by atoms with Gasteiger partial charge in [-0.2, -0.15) is 0 Å². The van der Waals surface area contributed by atoms with E-state index in [2.05, 4.69) is 22.1 Å². The molecule has 5 heteroatoms. The van der Waals surface area contributed by atoms with Gasteiger partial charge in [0.05, 0.1) is 10.7 Å². The number of carbonyl (C=O) groups excluding carboxylic acids is 1. The molecule has 0 atom stereocenters. The van der Waals surface area contributed by atoms with Gasteiger partial charge in [0.1, 0.15) is 12.3 Å². The van der Waals surface area contributed by atoms with Crippen molar-refractivity contribution in [1.29, 1.82) is 0 Å². The Morgan fingerprint density at radius 1 is 1.42 bits per heavy atom. The van der Waals surface area contributed by atoms with Crippen LogP contribution in [0.25, 0.3) is 0 Å². The molecule has 1 aromatic heterocycles. The summed E-state index contributed by atoms with van der Waals surface area (Å²) in [5, 5.41) is 11.9. The standard InChI is InChI=1S/C14H11ClN2O2/c15-11-8-13(16-9-11)14(19)17-12-6-2-1-4-10(12)5-3-7-18/h1-2,4,6,8-9,16,18H,7H2,(H,17,19). The SMILES string of the molecule is O=C(Nc1ccccc1C#CCO)c1cc(Cl)c[nH]1. The number of aromatic amines is 1. The number of benzene rings is 1. The minimum absolute atomic E-state index is 0.228. The number of carbonyl (C=O) groups is 1. The molecule has 2 rings (SSSR count). The van der Waals surface area contributed by atoms with Crippen LogP contribution in [-0.4, -0.2) is 22.6 Å². The highest BCUT2D eigenvalue weighted by Crippen LogP contribution is 2.16. The van der Waals surface area contributed by atoms with Crippen molar-refractivity contribution in [3.8, 4) is 11.8 Å². The zero-order chi connectivity index (χ0) is 13.7. The maximum atomic E-state index is 12.0. The lowest BCUT2D eigenvalue weighted by Gasteiger charge is -2.06. The number of anilines is 1. The molecule has 0 aliphatic heterocycles. The number of hydrogen-bond donors (Lipinski definition) is 3. The number of para-hydroxylation sites is 1. The molecule has 2 aromatic rings. The summed E-state index contributed by atoms with van der Waals surface area (Å²) in [6.45, 7) is -0.228. The van der Waals surface area contributed by atoms with Crippen LogP contribution in [0.1, 0.15) is 16.1 Å². The highest BCUT2D eigenvalue weighted by molar-refractivity contribution is 6.31. The second kappa shape index (κ2) is 6.10. The Morgan fingerprint density at radius 2 is 2.21 bits per heavy atom. The maximum Gasteiger partial charge on any atom is 0.272 e. The third kappa shape index (κ3) is 3.38. The van der Waals surface area contributed by atoms with Crippen LogP contribution in [0, 0.1) is 11.8 Å². The molecule has 19 heavy (non-hydrogen) atoms. The number of amides is 1. The lowest BCUT2D eigenvalue weighted by molar-refractivity contribution is 0.102. The second-order valence-corrected chi connectivity index (χ2v) is 4.13. The second-order valence-electron chi connectivity index (χ2n) is 3.69. The third-order valence-electron chi connectivity index (χ3n) is 2.37. The van der Waals surface area contributed by atoms with Crippen LogP contribution in [0.5, 0.6) is 0 Å². The zero-order valence-electron chi connectivity index (χ0n) is 9.90. The zero-order valence-corrected chi connectivity index (χ0v) is 10.7. The van der Waals surface area contributed by atoms with Gasteiger partial charge >= 0.3 is 0 Å². The number of hydrogen-bond acceptors (Lipinski definition) is 2. The Labute approximate surface area is 115 Å². The van der Waals surface area contributed by atoms with Crippen LogP contribution < -0.4 is 5.32 Å². The summed E-state index contributed by atoms with van der Waals surface area (Å²) in [6.07, 6.45) is 1.54. The van der Waals surface area contributed by atoms with Gasteiger partial charge in [-0.25, -0.2) is 0 Å². The minimum Gasteiger partial charge on any atom is -0.384 e. The highest BCUT2D eigenvalue weighted by atomic mass is 35.5. The Kier molecular flexibility index (Phi) is 4.24. The minimum atomic E-state index is -0.301. The average molecular weight is 275 g/mol. The van der Waals surface area contributed by atoms with Crippen molar-refractivity contribution in [3.63, 3.8) is 0 Å². The van der Waals surface area contributed by atoms with Gasteiger partial charge in [-0.15, -0.1) is 0 Å². The maximum absolute atomic E-state index is 12.0. The molecule has 0 aliphatic carbocycles. The van der Waals surface area contributed by atoms with E-state index < -0.39 is 0 Å². The van der Waals surface area contributed by atoms with Crippen molar-refractivity contribution in [1.82, 2.24) is 4.98 Å². The topological polar surface area (TPSA) is 65.1 Å². The molecule has 1 amide bonds. The van der Waals surface area contributed by atoms with Gasteiger partial charge in [0.15, 0.2) is 0 Å². The third-order valence-corrected chi connectivity index (χ3v) is 2.59. The lowest BCUT2D eigenvalue weighted by Crippen LogP contribution is -2.13. The van der Waals surface area contributed by atoms with Gasteiger partial charge in [0, 0.05) is 11.8 Å². The van der Waals surface area contributed by atoms with Crippen LogP contribution in [0.4, 0.5) is 5.69 Å². The summed E-state index contributed by atoms with van der Waals surface area (Å²) in [5.41, 5.74) is 1.59. The van der Waals surface area contributed by atoms with Gasteiger partial charge in [-0.1, -0.05) is 35.6 Å². The number of rotatable bonds is 2. The number of aromatic nitrogens is 1. The first-order valence-corrected chi connectivity index (χ1v) is 5.92. The van der Waals surface area contributed by atoms with Crippen molar-refractivity contribution in [2.75, 3.05) is 11.9 Å².